The lowest BCUT2D eigenvalue weighted by Gasteiger charge is -2.13. The number of rotatable bonds is 5. The van der Waals surface area contributed by atoms with Crippen LogP contribution in [0.5, 0.6) is 11.5 Å². The van der Waals surface area contributed by atoms with Crippen LogP contribution >= 0.6 is 23.2 Å². The Morgan fingerprint density at radius 1 is 1.00 bits per heavy atom. The first-order chi connectivity index (χ1) is 14.1. The van der Waals surface area contributed by atoms with Crippen molar-refractivity contribution >= 4 is 34.1 Å². The minimum atomic E-state index is -0.190. The van der Waals surface area contributed by atoms with E-state index in [2.05, 4.69) is 9.97 Å². The Kier molecular flexibility index (Phi) is 5.43. The fraction of sp³-hybridized carbons (Fsp3) is 0.0909. The van der Waals surface area contributed by atoms with Gasteiger partial charge in [0, 0.05) is 11.1 Å². The fourth-order valence-electron chi connectivity index (χ4n) is 3.01. The van der Waals surface area contributed by atoms with E-state index in [4.69, 9.17) is 32.7 Å². The summed E-state index contributed by atoms with van der Waals surface area (Å²) in [6.45, 7) is 0.203. The lowest BCUT2D eigenvalue weighted by molar-refractivity contribution is 0.297. The number of ether oxygens (including phenoxy) is 2. The first kappa shape index (κ1) is 19.3. The largest absolute Gasteiger partial charge is 0.496 e. The second-order valence-electron chi connectivity index (χ2n) is 6.30. The maximum atomic E-state index is 12.4. The lowest BCUT2D eigenvalue weighted by Crippen LogP contribution is -2.09. The van der Waals surface area contributed by atoms with Crippen LogP contribution in [0.4, 0.5) is 0 Å². The lowest BCUT2D eigenvalue weighted by atomic mass is 10.1. The average Bonchev–Trinajstić information content (AvgIpc) is 2.74. The SMILES string of the molecule is COc1ccc(-c2nc3ccccc3c(=O)[nH]2)cc1COc1cccc(Cl)c1Cl. The summed E-state index contributed by atoms with van der Waals surface area (Å²) in [6.07, 6.45) is 0. The maximum absolute atomic E-state index is 12.4. The molecule has 7 heteroatoms. The molecule has 0 atom stereocenters. The van der Waals surface area contributed by atoms with Gasteiger partial charge in [-0.3, -0.25) is 4.79 Å². The van der Waals surface area contributed by atoms with Crippen molar-refractivity contribution < 1.29 is 9.47 Å². The molecule has 1 aromatic heterocycles. The third-order valence-electron chi connectivity index (χ3n) is 4.47. The molecule has 4 aromatic rings. The number of hydrogen-bond acceptors (Lipinski definition) is 4. The quantitative estimate of drug-likeness (QED) is 0.458. The van der Waals surface area contributed by atoms with Gasteiger partial charge in [-0.2, -0.15) is 0 Å². The highest BCUT2D eigenvalue weighted by atomic mass is 35.5. The van der Waals surface area contributed by atoms with Gasteiger partial charge in [-0.15, -0.1) is 0 Å². The Morgan fingerprint density at radius 2 is 1.83 bits per heavy atom. The summed E-state index contributed by atoms with van der Waals surface area (Å²) in [4.78, 5) is 19.8. The third-order valence-corrected chi connectivity index (χ3v) is 5.27. The van der Waals surface area contributed by atoms with E-state index in [-0.39, 0.29) is 12.2 Å². The first-order valence-electron chi connectivity index (χ1n) is 8.80. The van der Waals surface area contributed by atoms with Gasteiger partial charge in [-0.25, -0.2) is 4.98 Å². The van der Waals surface area contributed by atoms with E-state index in [1.165, 1.54) is 0 Å². The maximum Gasteiger partial charge on any atom is 0.259 e. The van der Waals surface area contributed by atoms with Gasteiger partial charge >= 0.3 is 0 Å². The number of fused-ring (bicyclic) bond motifs is 1. The Morgan fingerprint density at radius 3 is 2.66 bits per heavy atom. The molecule has 3 aromatic carbocycles. The highest BCUT2D eigenvalue weighted by Gasteiger charge is 2.12. The molecule has 0 saturated carbocycles. The number of methoxy groups -OCH3 is 1. The standard InChI is InChI=1S/C22H16Cl2N2O3/c1-28-18-10-9-13(21-25-17-7-3-2-5-15(17)22(27)26-21)11-14(18)12-29-19-8-4-6-16(23)20(19)24/h2-11H,12H2,1H3,(H,25,26,27). The van der Waals surface area contributed by atoms with E-state index in [1.807, 2.05) is 36.4 Å². The van der Waals surface area contributed by atoms with Gasteiger partial charge in [0.25, 0.3) is 5.56 Å². The molecule has 5 nitrogen and oxygen atoms in total. The smallest absolute Gasteiger partial charge is 0.259 e. The van der Waals surface area contributed by atoms with Crippen molar-refractivity contribution in [2.75, 3.05) is 7.11 Å². The van der Waals surface area contributed by atoms with Crippen molar-refractivity contribution in [3.05, 3.63) is 86.6 Å². The molecular formula is C22H16Cl2N2O3. The number of hydrogen-bond donors (Lipinski definition) is 1. The normalized spacial score (nSPS) is 10.9. The van der Waals surface area contributed by atoms with Gasteiger partial charge in [-0.05, 0) is 42.5 Å². The van der Waals surface area contributed by atoms with Crippen LogP contribution in [-0.4, -0.2) is 17.1 Å². The van der Waals surface area contributed by atoms with Crippen molar-refractivity contribution in [1.82, 2.24) is 9.97 Å². The summed E-state index contributed by atoms with van der Waals surface area (Å²) in [5.74, 6) is 1.59. The van der Waals surface area contributed by atoms with Crippen molar-refractivity contribution in [3.63, 3.8) is 0 Å². The van der Waals surface area contributed by atoms with Crippen LogP contribution in [0.25, 0.3) is 22.3 Å². The van der Waals surface area contributed by atoms with Crippen LogP contribution < -0.4 is 15.0 Å². The predicted molar refractivity (Wildman–Crippen MR) is 115 cm³/mol. The third kappa shape index (κ3) is 3.92. The molecule has 0 spiro atoms. The highest BCUT2D eigenvalue weighted by Crippen LogP contribution is 2.33. The number of aromatic nitrogens is 2. The number of nitrogens with one attached hydrogen (secondary N) is 1. The number of nitrogens with zero attached hydrogens (tertiary/aromatic N) is 1. The number of benzene rings is 3. The average molecular weight is 427 g/mol. The first-order valence-corrected chi connectivity index (χ1v) is 9.55. The molecule has 0 aliphatic heterocycles. The molecule has 0 amide bonds. The molecule has 0 saturated heterocycles. The van der Waals surface area contributed by atoms with E-state index in [0.29, 0.717) is 38.3 Å². The second kappa shape index (κ2) is 8.15. The van der Waals surface area contributed by atoms with E-state index < -0.39 is 0 Å². The summed E-state index contributed by atoms with van der Waals surface area (Å²) in [5.41, 5.74) is 1.96. The van der Waals surface area contributed by atoms with Gasteiger partial charge in [-0.1, -0.05) is 41.4 Å². The monoisotopic (exact) mass is 426 g/mol. The molecule has 0 bridgehead atoms. The molecule has 0 aliphatic carbocycles. The molecular weight excluding hydrogens is 411 g/mol. The Balaban J connectivity index is 1.70. The molecule has 29 heavy (non-hydrogen) atoms. The summed E-state index contributed by atoms with van der Waals surface area (Å²) in [5, 5.41) is 1.32. The highest BCUT2D eigenvalue weighted by molar-refractivity contribution is 6.42. The van der Waals surface area contributed by atoms with E-state index >= 15 is 0 Å². The topological polar surface area (TPSA) is 64.2 Å². The van der Waals surface area contributed by atoms with E-state index in [1.54, 1.807) is 31.4 Å². The Hall–Kier alpha value is -3.02. The molecule has 0 unspecified atom stereocenters. The van der Waals surface area contributed by atoms with Crippen LogP contribution in [0.15, 0.2) is 65.5 Å². The van der Waals surface area contributed by atoms with Crippen molar-refractivity contribution in [1.29, 1.82) is 0 Å². The fourth-order valence-corrected chi connectivity index (χ4v) is 3.36. The number of H-pyrrole nitrogens is 1. The van der Waals surface area contributed by atoms with Crippen LogP contribution in [-0.2, 0) is 6.61 Å². The predicted octanol–water partition coefficient (Wildman–Crippen LogP) is 5.48. The number of para-hydroxylation sites is 1. The van der Waals surface area contributed by atoms with Crippen molar-refractivity contribution in [2.45, 2.75) is 6.61 Å². The summed E-state index contributed by atoms with van der Waals surface area (Å²) in [7, 11) is 1.58. The molecule has 4 rings (SSSR count). The summed E-state index contributed by atoms with van der Waals surface area (Å²) < 4.78 is 11.3. The minimum absolute atomic E-state index is 0.190. The second-order valence-corrected chi connectivity index (χ2v) is 7.08. The van der Waals surface area contributed by atoms with Crippen LogP contribution in [0.3, 0.4) is 0 Å². The Labute approximate surface area is 176 Å². The molecule has 0 aliphatic rings. The van der Waals surface area contributed by atoms with Crippen LogP contribution in [0, 0.1) is 0 Å². The molecule has 1 N–H and O–H groups in total. The van der Waals surface area contributed by atoms with E-state index in [9.17, 15) is 4.79 Å². The minimum Gasteiger partial charge on any atom is -0.496 e. The summed E-state index contributed by atoms with van der Waals surface area (Å²) in [6, 6.07) is 17.9. The van der Waals surface area contributed by atoms with Gasteiger partial charge < -0.3 is 14.5 Å². The van der Waals surface area contributed by atoms with Gasteiger partial charge in [0.05, 0.1) is 23.0 Å². The van der Waals surface area contributed by atoms with Gasteiger partial charge in [0.15, 0.2) is 0 Å². The van der Waals surface area contributed by atoms with Crippen LogP contribution in [0.2, 0.25) is 10.0 Å². The van der Waals surface area contributed by atoms with Gasteiger partial charge in [0.2, 0.25) is 0 Å². The molecule has 146 valence electrons. The van der Waals surface area contributed by atoms with Gasteiger partial charge in [0.1, 0.15) is 29.0 Å². The zero-order valence-corrected chi connectivity index (χ0v) is 16.9. The molecule has 0 fully saturated rings. The van der Waals surface area contributed by atoms with Crippen molar-refractivity contribution in [3.8, 4) is 22.9 Å². The summed E-state index contributed by atoms with van der Waals surface area (Å²) >= 11 is 12.2. The molecule has 1 heterocycles. The molecule has 0 radical (unpaired) electrons. The number of aromatic amines is 1. The zero-order chi connectivity index (χ0) is 20.4. The van der Waals surface area contributed by atoms with Crippen LogP contribution in [0.1, 0.15) is 5.56 Å². The zero-order valence-electron chi connectivity index (χ0n) is 15.4. The van der Waals surface area contributed by atoms with Crippen molar-refractivity contribution in [2.24, 2.45) is 0 Å². The number of halogens is 2. The van der Waals surface area contributed by atoms with E-state index in [0.717, 1.165) is 11.1 Å². The Bertz CT molecular complexity index is 1250.